The molecule has 4 nitrogen and oxygen atoms in total. The van der Waals surface area contributed by atoms with E-state index in [9.17, 15) is 9.50 Å². The number of benzene rings is 2. The van der Waals surface area contributed by atoms with Crippen molar-refractivity contribution in [3.8, 4) is 11.5 Å². The molecule has 1 saturated carbocycles. The maximum absolute atomic E-state index is 13.0. The van der Waals surface area contributed by atoms with Crippen molar-refractivity contribution in [3.05, 3.63) is 59.4 Å². The number of rotatable bonds is 6. The van der Waals surface area contributed by atoms with Gasteiger partial charge in [-0.05, 0) is 60.1 Å². The van der Waals surface area contributed by atoms with Crippen LogP contribution in [0.15, 0.2) is 42.5 Å². The molecule has 0 radical (unpaired) electrons. The summed E-state index contributed by atoms with van der Waals surface area (Å²) in [6.07, 6.45) is 1.78. The summed E-state index contributed by atoms with van der Waals surface area (Å²) < 4.78 is 24.4. The SMILES string of the molecule is COc1ccc(CN2C[C@H]3CC(O)C[C@H]3C2)cc1OCc1ccc(F)cc1. The average Bonchev–Trinajstić information content (AvgIpc) is 3.18. The van der Waals surface area contributed by atoms with Gasteiger partial charge in [0.15, 0.2) is 11.5 Å². The molecule has 2 aromatic carbocycles. The molecule has 1 unspecified atom stereocenters. The quantitative estimate of drug-likeness (QED) is 0.842. The van der Waals surface area contributed by atoms with Crippen LogP contribution in [0.3, 0.4) is 0 Å². The number of ether oxygens (including phenoxy) is 2. The minimum Gasteiger partial charge on any atom is -0.493 e. The molecule has 1 N–H and O–H groups in total. The molecule has 0 aromatic heterocycles. The van der Waals surface area contributed by atoms with E-state index < -0.39 is 0 Å². The Labute approximate surface area is 159 Å². The van der Waals surface area contributed by atoms with Crippen LogP contribution in [0.1, 0.15) is 24.0 Å². The fourth-order valence-corrected chi connectivity index (χ4v) is 4.43. The first-order chi connectivity index (χ1) is 13.1. The van der Waals surface area contributed by atoms with Crippen LogP contribution in [-0.4, -0.2) is 36.3 Å². The lowest BCUT2D eigenvalue weighted by molar-refractivity contribution is 0.161. The maximum Gasteiger partial charge on any atom is 0.161 e. The molecule has 3 atom stereocenters. The Morgan fingerprint density at radius 3 is 2.33 bits per heavy atom. The van der Waals surface area contributed by atoms with Crippen LogP contribution in [0.25, 0.3) is 0 Å². The van der Waals surface area contributed by atoms with E-state index in [0.29, 0.717) is 29.9 Å². The van der Waals surface area contributed by atoms with Gasteiger partial charge in [-0.15, -0.1) is 0 Å². The standard InChI is InChI=1S/C22H26FNO3/c1-26-21-7-4-16(11-24-12-17-9-20(25)10-18(17)13-24)8-22(21)27-14-15-2-5-19(23)6-3-15/h2-8,17-18,20,25H,9-14H2,1H3/t17-,18+,20?. The van der Waals surface area contributed by atoms with E-state index in [-0.39, 0.29) is 11.9 Å². The van der Waals surface area contributed by atoms with E-state index in [2.05, 4.69) is 11.0 Å². The number of aliphatic hydroxyl groups excluding tert-OH is 1. The monoisotopic (exact) mass is 371 g/mol. The fourth-order valence-electron chi connectivity index (χ4n) is 4.43. The lowest BCUT2D eigenvalue weighted by atomic mass is 10.0. The van der Waals surface area contributed by atoms with E-state index >= 15 is 0 Å². The summed E-state index contributed by atoms with van der Waals surface area (Å²) in [5, 5.41) is 9.80. The molecular weight excluding hydrogens is 345 g/mol. The van der Waals surface area contributed by atoms with Crippen molar-refractivity contribution >= 4 is 0 Å². The number of likely N-dealkylation sites (tertiary alicyclic amines) is 1. The second-order valence-electron chi connectivity index (χ2n) is 7.74. The third-order valence-electron chi connectivity index (χ3n) is 5.74. The Balaban J connectivity index is 1.40. The first kappa shape index (κ1) is 18.3. The van der Waals surface area contributed by atoms with E-state index in [4.69, 9.17) is 9.47 Å². The molecule has 2 aliphatic rings. The van der Waals surface area contributed by atoms with Crippen LogP contribution < -0.4 is 9.47 Å². The molecule has 1 aliphatic carbocycles. The highest BCUT2D eigenvalue weighted by atomic mass is 19.1. The molecule has 27 heavy (non-hydrogen) atoms. The largest absolute Gasteiger partial charge is 0.493 e. The topological polar surface area (TPSA) is 41.9 Å². The number of aliphatic hydroxyl groups is 1. The molecule has 0 bridgehead atoms. The highest BCUT2D eigenvalue weighted by Gasteiger charge is 2.39. The Morgan fingerprint density at radius 1 is 1.00 bits per heavy atom. The summed E-state index contributed by atoms with van der Waals surface area (Å²) >= 11 is 0. The van der Waals surface area contributed by atoms with Crippen molar-refractivity contribution in [2.75, 3.05) is 20.2 Å². The first-order valence-corrected chi connectivity index (χ1v) is 9.55. The van der Waals surface area contributed by atoms with Gasteiger partial charge in [0.2, 0.25) is 0 Å². The molecule has 144 valence electrons. The van der Waals surface area contributed by atoms with Crippen molar-refractivity contribution in [1.82, 2.24) is 4.90 Å². The Morgan fingerprint density at radius 2 is 1.67 bits per heavy atom. The van der Waals surface area contributed by atoms with Crippen molar-refractivity contribution in [1.29, 1.82) is 0 Å². The molecule has 1 saturated heterocycles. The summed E-state index contributed by atoms with van der Waals surface area (Å²) in [6.45, 7) is 3.35. The highest BCUT2D eigenvalue weighted by molar-refractivity contribution is 5.43. The van der Waals surface area contributed by atoms with E-state index in [1.165, 1.54) is 17.7 Å². The molecular formula is C22H26FNO3. The van der Waals surface area contributed by atoms with Crippen molar-refractivity contribution < 1.29 is 19.0 Å². The summed E-state index contributed by atoms with van der Waals surface area (Å²) in [7, 11) is 1.63. The van der Waals surface area contributed by atoms with Gasteiger partial charge in [-0.3, -0.25) is 4.90 Å². The van der Waals surface area contributed by atoms with Gasteiger partial charge >= 0.3 is 0 Å². The van der Waals surface area contributed by atoms with Crippen molar-refractivity contribution in [3.63, 3.8) is 0 Å². The molecule has 0 amide bonds. The van der Waals surface area contributed by atoms with Crippen LogP contribution in [-0.2, 0) is 13.2 Å². The predicted molar refractivity (Wildman–Crippen MR) is 101 cm³/mol. The minimum absolute atomic E-state index is 0.102. The van der Waals surface area contributed by atoms with Crippen molar-refractivity contribution in [2.45, 2.75) is 32.1 Å². The molecule has 1 heterocycles. The van der Waals surface area contributed by atoms with E-state index in [1.807, 2.05) is 12.1 Å². The molecule has 2 fully saturated rings. The highest BCUT2D eigenvalue weighted by Crippen LogP contribution is 2.39. The lowest BCUT2D eigenvalue weighted by Crippen LogP contribution is -2.22. The number of methoxy groups -OCH3 is 1. The third kappa shape index (κ3) is 4.25. The Bertz CT molecular complexity index is 766. The van der Waals surface area contributed by atoms with Gasteiger partial charge in [0, 0.05) is 19.6 Å². The second kappa shape index (κ2) is 7.87. The first-order valence-electron chi connectivity index (χ1n) is 9.55. The lowest BCUT2D eigenvalue weighted by Gasteiger charge is -2.19. The summed E-state index contributed by atoms with van der Waals surface area (Å²) in [4.78, 5) is 2.47. The fraction of sp³-hybridized carbons (Fsp3) is 0.455. The third-order valence-corrected chi connectivity index (χ3v) is 5.74. The summed E-state index contributed by atoms with van der Waals surface area (Å²) in [5.41, 5.74) is 2.10. The van der Waals surface area contributed by atoms with Gasteiger partial charge in [0.1, 0.15) is 12.4 Å². The van der Waals surface area contributed by atoms with Crippen LogP contribution >= 0.6 is 0 Å². The number of nitrogens with zero attached hydrogens (tertiary/aromatic N) is 1. The maximum atomic E-state index is 13.0. The van der Waals surface area contributed by atoms with Crippen LogP contribution in [0.4, 0.5) is 4.39 Å². The molecule has 4 rings (SSSR count). The normalized spacial score (nSPS) is 24.8. The number of hydrogen-bond donors (Lipinski definition) is 1. The van der Waals surface area contributed by atoms with Crippen LogP contribution in [0.5, 0.6) is 11.5 Å². The van der Waals surface area contributed by atoms with Crippen LogP contribution in [0, 0.1) is 17.7 Å². The van der Waals surface area contributed by atoms with Gasteiger partial charge in [0.25, 0.3) is 0 Å². The Kier molecular flexibility index (Phi) is 5.32. The van der Waals surface area contributed by atoms with E-state index in [0.717, 1.165) is 38.0 Å². The van der Waals surface area contributed by atoms with Gasteiger partial charge in [0.05, 0.1) is 13.2 Å². The zero-order valence-corrected chi connectivity index (χ0v) is 15.6. The van der Waals surface area contributed by atoms with Gasteiger partial charge in [-0.1, -0.05) is 18.2 Å². The predicted octanol–water partition coefficient (Wildman–Crippen LogP) is 3.62. The van der Waals surface area contributed by atoms with E-state index in [1.54, 1.807) is 19.2 Å². The number of fused-ring (bicyclic) bond motifs is 1. The summed E-state index contributed by atoms with van der Waals surface area (Å²) in [5.74, 6) is 2.41. The number of halogens is 1. The zero-order chi connectivity index (χ0) is 18.8. The van der Waals surface area contributed by atoms with Crippen molar-refractivity contribution in [2.24, 2.45) is 11.8 Å². The molecule has 2 aromatic rings. The van der Waals surface area contributed by atoms with Crippen LogP contribution in [0.2, 0.25) is 0 Å². The molecule has 0 spiro atoms. The Hall–Kier alpha value is -2.11. The second-order valence-corrected chi connectivity index (χ2v) is 7.74. The number of hydrogen-bond acceptors (Lipinski definition) is 4. The van der Waals surface area contributed by atoms with Gasteiger partial charge in [-0.25, -0.2) is 4.39 Å². The molecule has 1 aliphatic heterocycles. The van der Waals surface area contributed by atoms with Gasteiger partial charge in [-0.2, -0.15) is 0 Å². The van der Waals surface area contributed by atoms with Gasteiger partial charge < -0.3 is 14.6 Å². The summed E-state index contributed by atoms with van der Waals surface area (Å²) in [6, 6.07) is 12.4. The zero-order valence-electron chi connectivity index (χ0n) is 15.6. The molecule has 5 heteroatoms. The average molecular weight is 371 g/mol. The minimum atomic E-state index is -0.249. The smallest absolute Gasteiger partial charge is 0.161 e.